The third kappa shape index (κ3) is 2.03. The Morgan fingerprint density at radius 2 is 1.94 bits per heavy atom. The van der Waals surface area contributed by atoms with E-state index < -0.39 is 5.79 Å². The molecule has 0 N–H and O–H groups in total. The van der Waals surface area contributed by atoms with Crippen molar-refractivity contribution in [3.63, 3.8) is 0 Å². The van der Waals surface area contributed by atoms with Crippen LogP contribution in [-0.2, 0) is 14.3 Å². The third-order valence-corrected chi connectivity index (χ3v) is 3.74. The van der Waals surface area contributed by atoms with Crippen LogP contribution in [0.2, 0.25) is 0 Å². The molecule has 0 aromatic heterocycles. The predicted molar refractivity (Wildman–Crippen MR) is 61.1 cm³/mol. The van der Waals surface area contributed by atoms with Gasteiger partial charge in [-0.15, -0.1) is 0 Å². The molecule has 0 aromatic rings. The van der Waals surface area contributed by atoms with Crippen molar-refractivity contribution >= 4 is 5.78 Å². The maximum absolute atomic E-state index is 11.8. The maximum Gasteiger partial charge on any atom is 0.177 e. The molecule has 0 spiro atoms. The summed E-state index contributed by atoms with van der Waals surface area (Å²) in [5, 5.41) is 0. The Bertz CT molecular complexity index is 273. The summed E-state index contributed by atoms with van der Waals surface area (Å²) in [6.07, 6.45) is 3.37. The van der Waals surface area contributed by atoms with E-state index in [-0.39, 0.29) is 11.3 Å². The van der Waals surface area contributed by atoms with Gasteiger partial charge in [0.15, 0.2) is 5.79 Å². The summed E-state index contributed by atoms with van der Waals surface area (Å²) in [4.78, 5) is 11.8. The summed E-state index contributed by atoms with van der Waals surface area (Å²) >= 11 is 0. The van der Waals surface area contributed by atoms with Crippen LogP contribution in [0.4, 0.5) is 0 Å². The van der Waals surface area contributed by atoms with E-state index in [4.69, 9.17) is 9.47 Å². The standard InChI is InChI=1S/C13H22O3/c1-4-13(10-6-5-7-11(10)14)15-8-12(2,3)9-16-13/h10H,4-9H2,1-3H3. The summed E-state index contributed by atoms with van der Waals surface area (Å²) in [7, 11) is 0. The Morgan fingerprint density at radius 3 is 2.38 bits per heavy atom. The normalized spacial score (nSPS) is 32.9. The van der Waals surface area contributed by atoms with E-state index in [1.54, 1.807) is 0 Å². The van der Waals surface area contributed by atoms with Gasteiger partial charge in [-0.1, -0.05) is 20.8 Å². The average molecular weight is 226 g/mol. The Kier molecular flexibility index (Phi) is 3.10. The van der Waals surface area contributed by atoms with Crippen LogP contribution in [0.3, 0.4) is 0 Å². The topological polar surface area (TPSA) is 35.5 Å². The summed E-state index contributed by atoms with van der Waals surface area (Å²) in [5.41, 5.74) is 0.0698. The van der Waals surface area contributed by atoms with Crippen molar-refractivity contribution in [1.29, 1.82) is 0 Å². The lowest BCUT2D eigenvalue weighted by atomic mass is 9.89. The van der Waals surface area contributed by atoms with Gasteiger partial charge in [-0.3, -0.25) is 4.79 Å². The average Bonchev–Trinajstić information content (AvgIpc) is 2.66. The van der Waals surface area contributed by atoms with E-state index in [1.807, 2.05) is 6.92 Å². The molecule has 0 aromatic carbocycles. The molecule has 1 aliphatic heterocycles. The number of hydrogen-bond acceptors (Lipinski definition) is 3. The van der Waals surface area contributed by atoms with Crippen molar-refractivity contribution in [2.45, 2.75) is 52.2 Å². The van der Waals surface area contributed by atoms with Crippen molar-refractivity contribution in [2.75, 3.05) is 13.2 Å². The fraction of sp³-hybridized carbons (Fsp3) is 0.923. The van der Waals surface area contributed by atoms with Crippen molar-refractivity contribution in [3.05, 3.63) is 0 Å². The zero-order valence-corrected chi connectivity index (χ0v) is 10.5. The minimum Gasteiger partial charge on any atom is -0.349 e. The fourth-order valence-electron chi connectivity index (χ4n) is 2.65. The molecule has 2 aliphatic rings. The van der Waals surface area contributed by atoms with Crippen LogP contribution < -0.4 is 0 Å². The van der Waals surface area contributed by atoms with Gasteiger partial charge in [0.2, 0.25) is 0 Å². The van der Waals surface area contributed by atoms with E-state index in [0.29, 0.717) is 25.4 Å². The van der Waals surface area contributed by atoms with Crippen molar-refractivity contribution < 1.29 is 14.3 Å². The maximum atomic E-state index is 11.8. The van der Waals surface area contributed by atoms with Gasteiger partial charge in [-0.25, -0.2) is 0 Å². The number of rotatable bonds is 2. The lowest BCUT2D eigenvalue weighted by Gasteiger charge is -2.45. The molecule has 1 saturated heterocycles. The number of Topliss-reactive ketones (excluding diaryl/α,β-unsaturated/α-hetero) is 1. The largest absolute Gasteiger partial charge is 0.349 e. The van der Waals surface area contributed by atoms with Gasteiger partial charge in [0.05, 0.1) is 19.1 Å². The fourth-order valence-corrected chi connectivity index (χ4v) is 2.65. The molecule has 1 unspecified atom stereocenters. The first kappa shape index (κ1) is 12.1. The second kappa shape index (κ2) is 4.11. The predicted octanol–water partition coefficient (Wildman–Crippen LogP) is 2.53. The Morgan fingerprint density at radius 1 is 1.31 bits per heavy atom. The molecule has 3 heteroatoms. The molecule has 1 heterocycles. The number of hydrogen-bond donors (Lipinski definition) is 0. The van der Waals surface area contributed by atoms with Crippen LogP contribution in [0.25, 0.3) is 0 Å². The summed E-state index contributed by atoms with van der Waals surface area (Å²) in [6, 6.07) is 0. The number of ether oxygens (including phenoxy) is 2. The van der Waals surface area contributed by atoms with E-state index in [0.717, 1.165) is 19.3 Å². The van der Waals surface area contributed by atoms with Crippen LogP contribution in [0, 0.1) is 11.3 Å². The Hall–Kier alpha value is -0.410. The van der Waals surface area contributed by atoms with Crippen LogP contribution in [0.1, 0.15) is 46.5 Å². The first-order valence-corrected chi connectivity index (χ1v) is 6.30. The SMILES string of the molecule is CCC1(C2CCCC2=O)OCC(C)(C)CO1. The molecular weight excluding hydrogens is 204 g/mol. The van der Waals surface area contributed by atoms with Crippen molar-refractivity contribution in [3.8, 4) is 0 Å². The quantitative estimate of drug-likeness (QED) is 0.726. The summed E-state index contributed by atoms with van der Waals surface area (Å²) in [6.45, 7) is 7.67. The highest BCUT2D eigenvalue weighted by Crippen LogP contribution is 2.41. The van der Waals surface area contributed by atoms with Crippen LogP contribution in [-0.4, -0.2) is 24.8 Å². The van der Waals surface area contributed by atoms with Crippen LogP contribution in [0.5, 0.6) is 0 Å². The van der Waals surface area contributed by atoms with E-state index in [2.05, 4.69) is 13.8 Å². The molecule has 2 rings (SSSR count). The van der Waals surface area contributed by atoms with Gasteiger partial charge in [-0.05, 0) is 19.3 Å². The molecular formula is C13H22O3. The Labute approximate surface area is 97.5 Å². The second-order valence-corrected chi connectivity index (χ2v) is 5.82. The molecule has 0 bridgehead atoms. The minimum atomic E-state index is -0.622. The number of carbonyl (C=O) groups is 1. The zero-order chi connectivity index (χ0) is 11.8. The first-order valence-electron chi connectivity index (χ1n) is 6.30. The third-order valence-electron chi connectivity index (χ3n) is 3.74. The van der Waals surface area contributed by atoms with Crippen molar-refractivity contribution in [1.82, 2.24) is 0 Å². The van der Waals surface area contributed by atoms with Gasteiger partial charge in [0.1, 0.15) is 5.78 Å². The van der Waals surface area contributed by atoms with E-state index in [1.165, 1.54) is 0 Å². The Balaban J connectivity index is 2.12. The lowest BCUT2D eigenvalue weighted by molar-refractivity contribution is -0.317. The molecule has 0 amide bonds. The minimum absolute atomic E-state index is 0.0337. The zero-order valence-electron chi connectivity index (χ0n) is 10.5. The van der Waals surface area contributed by atoms with E-state index >= 15 is 0 Å². The highest BCUT2D eigenvalue weighted by molar-refractivity contribution is 5.83. The molecule has 2 fully saturated rings. The van der Waals surface area contributed by atoms with E-state index in [9.17, 15) is 4.79 Å². The van der Waals surface area contributed by atoms with Crippen LogP contribution in [0.15, 0.2) is 0 Å². The molecule has 92 valence electrons. The summed E-state index contributed by atoms with van der Waals surface area (Å²) < 4.78 is 11.9. The first-order chi connectivity index (χ1) is 7.49. The second-order valence-electron chi connectivity index (χ2n) is 5.82. The summed E-state index contributed by atoms with van der Waals surface area (Å²) in [5.74, 6) is -0.335. The lowest BCUT2D eigenvalue weighted by Crippen LogP contribution is -2.52. The monoisotopic (exact) mass is 226 g/mol. The smallest absolute Gasteiger partial charge is 0.177 e. The molecule has 0 radical (unpaired) electrons. The molecule has 1 aliphatic carbocycles. The highest BCUT2D eigenvalue weighted by Gasteiger charge is 2.49. The number of carbonyl (C=O) groups excluding carboxylic acids is 1. The van der Waals surface area contributed by atoms with Gasteiger partial charge in [0.25, 0.3) is 0 Å². The van der Waals surface area contributed by atoms with Crippen LogP contribution >= 0.6 is 0 Å². The van der Waals surface area contributed by atoms with Gasteiger partial charge in [-0.2, -0.15) is 0 Å². The molecule has 16 heavy (non-hydrogen) atoms. The molecule has 1 atom stereocenters. The highest BCUT2D eigenvalue weighted by atomic mass is 16.7. The van der Waals surface area contributed by atoms with Gasteiger partial charge in [0, 0.05) is 11.8 Å². The van der Waals surface area contributed by atoms with Gasteiger partial charge >= 0.3 is 0 Å². The molecule has 1 saturated carbocycles. The molecule has 3 nitrogen and oxygen atoms in total. The van der Waals surface area contributed by atoms with Gasteiger partial charge < -0.3 is 9.47 Å². The van der Waals surface area contributed by atoms with Crippen molar-refractivity contribution in [2.24, 2.45) is 11.3 Å². The number of ketones is 1.